The number of hydrogen-bond donors (Lipinski definition) is 1. The van der Waals surface area contributed by atoms with E-state index >= 15 is 0 Å². The lowest BCUT2D eigenvalue weighted by molar-refractivity contribution is 0.101. The average molecular weight is 224 g/mol. The molecule has 4 nitrogen and oxygen atoms in total. The van der Waals surface area contributed by atoms with Crippen molar-refractivity contribution in [2.24, 2.45) is 0 Å². The highest BCUT2D eigenvalue weighted by molar-refractivity contribution is 5.96. The zero-order valence-corrected chi connectivity index (χ0v) is 9.58. The van der Waals surface area contributed by atoms with Crippen LogP contribution >= 0.6 is 0 Å². The maximum Gasteiger partial charge on any atom is 0.350 e. The van der Waals surface area contributed by atoms with Crippen LogP contribution in [0.3, 0.4) is 0 Å². The molecule has 0 radical (unpaired) electrons. The summed E-state index contributed by atoms with van der Waals surface area (Å²) in [5, 5.41) is 9.52. The number of aryl methyl sites for hydroxylation is 1. The molecular weight excluding hydrogens is 208 g/mol. The molecule has 88 valence electrons. The number of carbonyl (C=O) groups is 1. The minimum absolute atomic E-state index is 0.265. The van der Waals surface area contributed by atoms with Crippen LogP contribution in [0.4, 0.5) is 0 Å². The Morgan fingerprint density at radius 1 is 1.44 bits per heavy atom. The van der Waals surface area contributed by atoms with Gasteiger partial charge in [0.15, 0.2) is 5.78 Å². The van der Waals surface area contributed by atoms with Crippen molar-refractivity contribution >= 4 is 5.78 Å². The van der Waals surface area contributed by atoms with Gasteiger partial charge >= 0.3 is 5.63 Å². The molecule has 1 rings (SSSR count). The molecule has 0 atom stereocenters. The van der Waals surface area contributed by atoms with Crippen molar-refractivity contribution in [2.45, 2.75) is 39.5 Å². The molecule has 0 aliphatic heterocycles. The molecule has 0 amide bonds. The summed E-state index contributed by atoms with van der Waals surface area (Å²) in [6.07, 6.45) is 3.62. The number of ketones is 1. The van der Waals surface area contributed by atoms with Gasteiger partial charge in [-0.15, -0.1) is 0 Å². The van der Waals surface area contributed by atoms with Crippen LogP contribution in [-0.4, -0.2) is 10.9 Å². The van der Waals surface area contributed by atoms with Gasteiger partial charge in [-0.05, 0) is 13.3 Å². The molecule has 0 saturated carbocycles. The van der Waals surface area contributed by atoms with Gasteiger partial charge in [0.25, 0.3) is 0 Å². The third-order valence-electron chi connectivity index (χ3n) is 2.36. The van der Waals surface area contributed by atoms with Crippen LogP contribution in [0.5, 0.6) is 5.75 Å². The fraction of sp³-hybridized carbons (Fsp3) is 0.500. The van der Waals surface area contributed by atoms with Crippen molar-refractivity contribution in [3.8, 4) is 5.75 Å². The van der Waals surface area contributed by atoms with E-state index in [0.29, 0.717) is 12.2 Å². The van der Waals surface area contributed by atoms with E-state index in [1.54, 1.807) is 0 Å². The normalized spacial score (nSPS) is 10.4. The Morgan fingerprint density at radius 3 is 2.62 bits per heavy atom. The van der Waals surface area contributed by atoms with E-state index in [4.69, 9.17) is 4.42 Å². The topological polar surface area (TPSA) is 67.5 Å². The van der Waals surface area contributed by atoms with Crippen LogP contribution in [0.15, 0.2) is 15.3 Å². The first-order valence-corrected chi connectivity index (χ1v) is 5.43. The Labute approximate surface area is 93.9 Å². The SMILES string of the molecule is CCCCCc1cc(O)c(C(C)=O)c(=O)o1. The van der Waals surface area contributed by atoms with Gasteiger partial charge in [0.05, 0.1) is 0 Å². The Balaban J connectivity index is 2.92. The Bertz CT molecular complexity index is 431. The molecule has 0 spiro atoms. The third-order valence-corrected chi connectivity index (χ3v) is 2.36. The molecule has 0 bridgehead atoms. The van der Waals surface area contributed by atoms with E-state index in [1.807, 2.05) is 0 Å². The second-order valence-corrected chi connectivity index (χ2v) is 3.77. The summed E-state index contributed by atoms with van der Waals surface area (Å²) in [6.45, 7) is 3.30. The molecule has 4 heteroatoms. The van der Waals surface area contributed by atoms with Gasteiger partial charge in [0.1, 0.15) is 17.1 Å². The highest BCUT2D eigenvalue weighted by Crippen LogP contribution is 2.16. The second kappa shape index (κ2) is 5.49. The predicted molar refractivity (Wildman–Crippen MR) is 59.9 cm³/mol. The van der Waals surface area contributed by atoms with Gasteiger partial charge in [-0.1, -0.05) is 19.8 Å². The summed E-state index contributed by atoms with van der Waals surface area (Å²) in [6, 6.07) is 1.35. The zero-order chi connectivity index (χ0) is 12.1. The predicted octanol–water partition coefficient (Wildman–Crippen LogP) is 2.28. The molecule has 0 unspecified atom stereocenters. The van der Waals surface area contributed by atoms with Gasteiger partial charge in [0.2, 0.25) is 0 Å². The number of carbonyl (C=O) groups excluding carboxylic acids is 1. The van der Waals surface area contributed by atoms with Crippen LogP contribution in [0.25, 0.3) is 0 Å². The lowest BCUT2D eigenvalue weighted by Crippen LogP contribution is -2.12. The first-order valence-electron chi connectivity index (χ1n) is 5.43. The number of unbranched alkanes of at least 4 members (excludes halogenated alkanes) is 2. The number of hydrogen-bond acceptors (Lipinski definition) is 4. The Morgan fingerprint density at radius 2 is 2.12 bits per heavy atom. The van der Waals surface area contributed by atoms with E-state index in [-0.39, 0.29) is 11.3 Å². The standard InChI is InChI=1S/C12H16O4/c1-3-4-5-6-9-7-10(14)11(8(2)13)12(15)16-9/h7,14H,3-6H2,1-2H3. The van der Waals surface area contributed by atoms with Crippen molar-refractivity contribution in [1.82, 2.24) is 0 Å². The average Bonchev–Trinajstić information content (AvgIpc) is 2.16. The quantitative estimate of drug-likeness (QED) is 0.615. The number of rotatable bonds is 5. The van der Waals surface area contributed by atoms with Crippen molar-refractivity contribution in [1.29, 1.82) is 0 Å². The molecule has 1 aromatic rings. The zero-order valence-electron chi connectivity index (χ0n) is 9.58. The maximum absolute atomic E-state index is 11.4. The van der Waals surface area contributed by atoms with Crippen molar-refractivity contribution in [3.63, 3.8) is 0 Å². The highest BCUT2D eigenvalue weighted by atomic mass is 16.4. The summed E-state index contributed by atoms with van der Waals surface area (Å²) >= 11 is 0. The smallest absolute Gasteiger partial charge is 0.350 e. The molecular formula is C12H16O4. The van der Waals surface area contributed by atoms with Crippen LogP contribution in [-0.2, 0) is 6.42 Å². The Kier molecular flexibility index (Phi) is 4.28. The fourth-order valence-electron chi connectivity index (χ4n) is 1.53. The van der Waals surface area contributed by atoms with Gasteiger partial charge in [0, 0.05) is 12.5 Å². The summed E-state index contributed by atoms with van der Waals surface area (Å²) in [4.78, 5) is 22.4. The van der Waals surface area contributed by atoms with Crippen LogP contribution < -0.4 is 5.63 Å². The van der Waals surface area contributed by atoms with Gasteiger partial charge in [-0.25, -0.2) is 4.79 Å². The number of aromatic hydroxyl groups is 1. The minimum Gasteiger partial charge on any atom is -0.507 e. The first-order chi connectivity index (χ1) is 7.56. The van der Waals surface area contributed by atoms with E-state index in [2.05, 4.69) is 6.92 Å². The van der Waals surface area contributed by atoms with Crippen LogP contribution in [0.2, 0.25) is 0 Å². The Hall–Kier alpha value is -1.58. The monoisotopic (exact) mass is 224 g/mol. The van der Waals surface area contributed by atoms with Crippen LogP contribution in [0.1, 0.15) is 49.2 Å². The lowest BCUT2D eigenvalue weighted by atomic mass is 10.1. The van der Waals surface area contributed by atoms with Crippen LogP contribution in [0, 0.1) is 0 Å². The van der Waals surface area contributed by atoms with Gasteiger partial charge in [-0.2, -0.15) is 0 Å². The summed E-state index contributed by atoms with van der Waals surface area (Å²) < 4.78 is 4.96. The molecule has 0 saturated heterocycles. The highest BCUT2D eigenvalue weighted by Gasteiger charge is 2.14. The summed E-state index contributed by atoms with van der Waals surface area (Å²) in [5.41, 5.74) is -1.02. The summed E-state index contributed by atoms with van der Waals surface area (Å²) in [5.74, 6) is -0.331. The molecule has 0 aromatic carbocycles. The van der Waals surface area contributed by atoms with Crippen molar-refractivity contribution in [3.05, 3.63) is 27.8 Å². The molecule has 1 aromatic heterocycles. The largest absolute Gasteiger partial charge is 0.507 e. The number of Topliss-reactive ketones (excluding diaryl/α,β-unsaturated/α-hetero) is 1. The lowest BCUT2D eigenvalue weighted by Gasteiger charge is -2.02. The molecule has 0 aliphatic carbocycles. The maximum atomic E-state index is 11.4. The molecule has 1 heterocycles. The molecule has 16 heavy (non-hydrogen) atoms. The van der Waals surface area contributed by atoms with E-state index in [9.17, 15) is 14.7 Å². The van der Waals surface area contributed by atoms with E-state index in [0.717, 1.165) is 19.3 Å². The van der Waals surface area contributed by atoms with Crippen molar-refractivity contribution < 1.29 is 14.3 Å². The van der Waals surface area contributed by atoms with E-state index < -0.39 is 11.4 Å². The molecule has 0 aliphatic rings. The van der Waals surface area contributed by atoms with Gasteiger partial charge in [-0.3, -0.25) is 4.79 Å². The minimum atomic E-state index is -0.751. The summed E-state index contributed by atoms with van der Waals surface area (Å²) in [7, 11) is 0. The van der Waals surface area contributed by atoms with Crippen molar-refractivity contribution in [2.75, 3.05) is 0 Å². The van der Waals surface area contributed by atoms with Gasteiger partial charge < -0.3 is 9.52 Å². The second-order valence-electron chi connectivity index (χ2n) is 3.77. The third kappa shape index (κ3) is 2.95. The first kappa shape index (κ1) is 12.5. The molecule has 1 N–H and O–H groups in total. The fourth-order valence-corrected chi connectivity index (χ4v) is 1.53. The van der Waals surface area contributed by atoms with E-state index in [1.165, 1.54) is 13.0 Å². The molecule has 0 fully saturated rings.